The number of alkyl halides is 3. The summed E-state index contributed by atoms with van der Waals surface area (Å²) in [5.74, 6) is 1.19. The summed E-state index contributed by atoms with van der Waals surface area (Å²) < 4.78 is 37.2. The molecule has 1 aromatic heterocycles. The van der Waals surface area contributed by atoms with E-state index in [4.69, 9.17) is 0 Å². The summed E-state index contributed by atoms with van der Waals surface area (Å²) in [5.41, 5.74) is 0.158. The molecule has 0 aliphatic heterocycles. The second kappa shape index (κ2) is 5.29. The molecule has 0 atom stereocenters. The van der Waals surface area contributed by atoms with Crippen molar-refractivity contribution >= 4 is 0 Å². The number of rotatable bonds is 2. The van der Waals surface area contributed by atoms with Gasteiger partial charge in [0.05, 0.1) is 0 Å². The molecule has 2 rings (SSSR count). The fourth-order valence-electron chi connectivity index (χ4n) is 2.72. The lowest BCUT2D eigenvalue weighted by Crippen LogP contribution is -2.14. The number of hydrogen-bond donors (Lipinski definition) is 0. The van der Waals surface area contributed by atoms with Crippen LogP contribution < -0.4 is 0 Å². The monoisotopic (exact) mass is 257 g/mol. The molecule has 1 saturated carbocycles. The van der Waals surface area contributed by atoms with E-state index >= 15 is 0 Å². The number of hydrogen-bond acceptors (Lipinski definition) is 1. The average Bonchev–Trinajstić information content (AvgIpc) is 2.38. The molecule has 1 fully saturated rings. The number of nitrogens with zero attached hydrogens (tertiary/aromatic N) is 1. The fourth-order valence-corrected chi connectivity index (χ4v) is 2.72. The molecular weight excluding hydrogens is 239 g/mol. The summed E-state index contributed by atoms with van der Waals surface area (Å²) in [5, 5.41) is 0. The van der Waals surface area contributed by atoms with Crippen LogP contribution in [0.5, 0.6) is 0 Å². The topological polar surface area (TPSA) is 12.9 Å². The molecule has 0 unspecified atom stereocenters. The third kappa shape index (κ3) is 3.03. The van der Waals surface area contributed by atoms with Crippen LogP contribution in [0.15, 0.2) is 18.3 Å². The van der Waals surface area contributed by atoms with Crippen LogP contribution in [0.4, 0.5) is 13.2 Å². The Hall–Kier alpha value is -1.06. The van der Waals surface area contributed by atoms with Gasteiger partial charge in [-0.25, -0.2) is 0 Å². The van der Waals surface area contributed by atoms with Gasteiger partial charge in [-0.05, 0) is 49.1 Å². The number of pyridine rings is 1. The normalized spacial score (nSPS) is 25.1. The zero-order valence-electron chi connectivity index (χ0n) is 10.5. The number of halogens is 3. The molecule has 18 heavy (non-hydrogen) atoms. The smallest absolute Gasteiger partial charge is 0.251 e. The Kier molecular flexibility index (Phi) is 3.93. The van der Waals surface area contributed by atoms with Crippen LogP contribution >= 0.6 is 0 Å². The van der Waals surface area contributed by atoms with Crippen molar-refractivity contribution in [2.75, 3.05) is 0 Å². The van der Waals surface area contributed by atoms with Crippen LogP contribution in [-0.2, 0) is 6.18 Å². The lowest BCUT2D eigenvalue weighted by atomic mass is 9.78. The predicted molar refractivity (Wildman–Crippen MR) is 64.2 cm³/mol. The van der Waals surface area contributed by atoms with Gasteiger partial charge in [0.25, 0.3) is 0 Å². The van der Waals surface area contributed by atoms with Gasteiger partial charge in [0, 0.05) is 6.20 Å². The highest BCUT2D eigenvalue weighted by molar-refractivity contribution is 5.20. The van der Waals surface area contributed by atoms with Crippen LogP contribution in [0.25, 0.3) is 0 Å². The van der Waals surface area contributed by atoms with E-state index < -0.39 is 11.9 Å². The highest BCUT2D eigenvalue weighted by atomic mass is 19.4. The summed E-state index contributed by atoms with van der Waals surface area (Å²) in [6.45, 7) is 2.20. The Morgan fingerprint density at radius 3 is 2.28 bits per heavy atom. The van der Waals surface area contributed by atoms with Gasteiger partial charge >= 0.3 is 6.18 Å². The maximum absolute atomic E-state index is 12.4. The second-order valence-corrected chi connectivity index (χ2v) is 5.10. The van der Waals surface area contributed by atoms with Gasteiger partial charge < -0.3 is 0 Å². The van der Waals surface area contributed by atoms with E-state index in [0.29, 0.717) is 5.92 Å². The zero-order valence-corrected chi connectivity index (χ0v) is 10.5. The van der Waals surface area contributed by atoms with E-state index in [0.717, 1.165) is 30.4 Å². The minimum Gasteiger partial charge on any atom is -0.251 e. The largest absolute Gasteiger partial charge is 0.433 e. The Morgan fingerprint density at radius 1 is 1.17 bits per heavy atom. The van der Waals surface area contributed by atoms with E-state index in [1.807, 2.05) is 0 Å². The van der Waals surface area contributed by atoms with Gasteiger partial charge in [0.1, 0.15) is 5.69 Å². The van der Waals surface area contributed by atoms with E-state index in [1.165, 1.54) is 25.5 Å². The van der Waals surface area contributed by atoms with Crippen molar-refractivity contribution in [3.8, 4) is 0 Å². The standard InChI is InChI=1S/C14H18F3N/c1-2-10-3-5-11(6-4-10)12-7-8-13(18-9-12)14(15,16)17/h7-11H,2-6H2,1H3. The summed E-state index contributed by atoms with van der Waals surface area (Å²) in [6, 6.07) is 2.69. The molecule has 4 heteroatoms. The first kappa shape index (κ1) is 13.4. The molecule has 1 aliphatic carbocycles. The van der Waals surface area contributed by atoms with Crippen LogP contribution in [-0.4, -0.2) is 4.98 Å². The van der Waals surface area contributed by atoms with Gasteiger partial charge in [0.2, 0.25) is 0 Å². The third-order valence-electron chi connectivity index (χ3n) is 3.97. The summed E-state index contributed by atoms with van der Waals surface area (Å²) in [6.07, 6.45) is 2.79. The quantitative estimate of drug-likeness (QED) is 0.742. The van der Waals surface area contributed by atoms with Gasteiger partial charge in [-0.2, -0.15) is 13.2 Å². The Morgan fingerprint density at radius 2 is 1.83 bits per heavy atom. The van der Waals surface area contributed by atoms with Gasteiger partial charge in [-0.1, -0.05) is 19.4 Å². The first-order valence-electron chi connectivity index (χ1n) is 6.54. The van der Waals surface area contributed by atoms with Gasteiger partial charge in [-0.15, -0.1) is 0 Å². The van der Waals surface area contributed by atoms with Crippen molar-refractivity contribution in [2.24, 2.45) is 5.92 Å². The van der Waals surface area contributed by atoms with Crippen molar-refractivity contribution in [1.82, 2.24) is 4.98 Å². The molecule has 0 aromatic carbocycles. The minimum absolute atomic E-state index is 0.391. The molecule has 0 N–H and O–H groups in total. The molecule has 0 spiro atoms. The highest BCUT2D eigenvalue weighted by Crippen LogP contribution is 2.37. The van der Waals surface area contributed by atoms with Crippen LogP contribution in [0.1, 0.15) is 56.2 Å². The van der Waals surface area contributed by atoms with Crippen molar-refractivity contribution < 1.29 is 13.2 Å². The first-order chi connectivity index (χ1) is 8.50. The molecule has 0 bridgehead atoms. The van der Waals surface area contributed by atoms with E-state index in [2.05, 4.69) is 11.9 Å². The van der Waals surface area contributed by atoms with Gasteiger partial charge in [-0.3, -0.25) is 4.98 Å². The maximum atomic E-state index is 12.4. The van der Waals surface area contributed by atoms with Crippen molar-refractivity contribution in [2.45, 2.75) is 51.1 Å². The molecule has 1 aromatic rings. The Labute approximate surface area is 105 Å². The van der Waals surface area contributed by atoms with Crippen LogP contribution in [0.2, 0.25) is 0 Å². The molecular formula is C14H18F3N. The molecule has 0 saturated heterocycles. The van der Waals surface area contributed by atoms with Crippen molar-refractivity contribution in [1.29, 1.82) is 0 Å². The average molecular weight is 257 g/mol. The molecule has 100 valence electrons. The van der Waals surface area contributed by atoms with E-state index in [1.54, 1.807) is 6.07 Å². The Balaban J connectivity index is 2.02. The predicted octanol–water partition coefficient (Wildman–Crippen LogP) is 4.78. The SMILES string of the molecule is CCC1CCC(c2ccc(C(F)(F)F)nc2)CC1. The highest BCUT2D eigenvalue weighted by Gasteiger charge is 2.32. The van der Waals surface area contributed by atoms with Crippen LogP contribution in [0.3, 0.4) is 0 Å². The molecule has 0 radical (unpaired) electrons. The summed E-state index contributed by atoms with van der Waals surface area (Å²) in [4.78, 5) is 3.54. The maximum Gasteiger partial charge on any atom is 0.433 e. The molecule has 1 heterocycles. The molecule has 1 nitrogen and oxygen atoms in total. The van der Waals surface area contributed by atoms with E-state index in [-0.39, 0.29) is 0 Å². The van der Waals surface area contributed by atoms with Gasteiger partial charge in [0.15, 0.2) is 0 Å². The second-order valence-electron chi connectivity index (χ2n) is 5.10. The van der Waals surface area contributed by atoms with Crippen molar-refractivity contribution in [3.63, 3.8) is 0 Å². The van der Waals surface area contributed by atoms with Crippen LogP contribution in [0, 0.1) is 5.92 Å². The third-order valence-corrected chi connectivity index (χ3v) is 3.97. The lowest BCUT2D eigenvalue weighted by molar-refractivity contribution is -0.141. The zero-order chi connectivity index (χ0) is 13.2. The summed E-state index contributed by atoms with van der Waals surface area (Å²) in [7, 11) is 0. The number of aromatic nitrogens is 1. The molecule has 1 aliphatic rings. The first-order valence-corrected chi connectivity index (χ1v) is 6.54. The fraction of sp³-hybridized carbons (Fsp3) is 0.643. The molecule has 0 amide bonds. The van der Waals surface area contributed by atoms with E-state index in [9.17, 15) is 13.2 Å². The summed E-state index contributed by atoms with van der Waals surface area (Å²) >= 11 is 0. The van der Waals surface area contributed by atoms with Crippen molar-refractivity contribution in [3.05, 3.63) is 29.6 Å². The Bertz CT molecular complexity index is 375. The minimum atomic E-state index is -4.33. The lowest BCUT2D eigenvalue weighted by Gasteiger charge is -2.27.